The Morgan fingerprint density at radius 3 is 2.28 bits per heavy atom. The van der Waals surface area contributed by atoms with Gasteiger partial charge in [-0.2, -0.15) is 4.31 Å². The summed E-state index contributed by atoms with van der Waals surface area (Å²) in [6.07, 6.45) is 1.69. The van der Waals surface area contributed by atoms with Crippen LogP contribution in [0.15, 0.2) is 59.6 Å². The quantitative estimate of drug-likeness (QED) is 0.634. The van der Waals surface area contributed by atoms with E-state index in [1.807, 2.05) is 30.0 Å². The van der Waals surface area contributed by atoms with E-state index >= 15 is 0 Å². The number of benzene rings is 1. The molecule has 0 unspecified atom stereocenters. The number of nitrogens with zero attached hydrogens (tertiary/aromatic N) is 5. The van der Waals surface area contributed by atoms with Crippen LogP contribution in [-0.4, -0.2) is 53.9 Å². The second-order valence-electron chi connectivity index (χ2n) is 6.69. The van der Waals surface area contributed by atoms with Gasteiger partial charge in [0.05, 0.1) is 10.6 Å². The zero-order valence-electron chi connectivity index (χ0n) is 15.9. The number of piperazine rings is 1. The van der Waals surface area contributed by atoms with E-state index in [1.165, 1.54) is 4.31 Å². The first-order chi connectivity index (χ1) is 14.0. The normalized spacial score (nSPS) is 15.4. The first-order valence-electron chi connectivity index (χ1n) is 9.22. The van der Waals surface area contributed by atoms with Crippen molar-refractivity contribution in [3.8, 4) is 11.5 Å². The summed E-state index contributed by atoms with van der Waals surface area (Å²) in [7, 11) is -3.51. The maximum atomic E-state index is 12.8. The Morgan fingerprint density at radius 1 is 0.931 bits per heavy atom. The second kappa shape index (κ2) is 8.06. The molecule has 1 aromatic carbocycles. The van der Waals surface area contributed by atoms with Crippen molar-refractivity contribution in [3.63, 3.8) is 0 Å². The minimum absolute atomic E-state index is 0.307. The third-order valence-electron chi connectivity index (χ3n) is 4.81. The SMILES string of the molecule is Cc1nc(-c2ccccn2)nc(N2CCN(S(=O)(=O)c3ccccc3)CC2)c1Cl. The van der Waals surface area contributed by atoms with Gasteiger partial charge in [-0.15, -0.1) is 0 Å². The molecule has 1 aliphatic heterocycles. The smallest absolute Gasteiger partial charge is 0.243 e. The molecule has 1 saturated heterocycles. The predicted octanol–water partition coefficient (Wildman–Crippen LogP) is 3.01. The Morgan fingerprint density at radius 2 is 1.62 bits per heavy atom. The van der Waals surface area contributed by atoms with E-state index in [9.17, 15) is 8.42 Å². The van der Waals surface area contributed by atoms with E-state index in [-0.39, 0.29) is 0 Å². The van der Waals surface area contributed by atoms with Crippen molar-refractivity contribution in [2.75, 3.05) is 31.1 Å². The van der Waals surface area contributed by atoms with Crippen LogP contribution in [0.25, 0.3) is 11.5 Å². The molecule has 2 aromatic heterocycles. The molecule has 4 rings (SSSR count). The topological polar surface area (TPSA) is 79.3 Å². The molecule has 0 aliphatic carbocycles. The van der Waals surface area contributed by atoms with Crippen molar-refractivity contribution in [1.82, 2.24) is 19.3 Å². The van der Waals surface area contributed by atoms with Crippen LogP contribution in [0.3, 0.4) is 0 Å². The highest BCUT2D eigenvalue weighted by Crippen LogP contribution is 2.30. The van der Waals surface area contributed by atoms with Crippen LogP contribution in [0.5, 0.6) is 0 Å². The Kier molecular flexibility index (Phi) is 5.49. The summed E-state index contributed by atoms with van der Waals surface area (Å²) in [5, 5.41) is 0.476. The molecule has 0 radical (unpaired) electrons. The molecule has 1 fully saturated rings. The summed E-state index contributed by atoms with van der Waals surface area (Å²) in [4.78, 5) is 15.7. The molecule has 9 heteroatoms. The van der Waals surface area contributed by atoms with Crippen molar-refractivity contribution in [3.05, 3.63) is 65.4 Å². The lowest BCUT2D eigenvalue weighted by molar-refractivity contribution is 0.384. The van der Waals surface area contributed by atoms with Gasteiger partial charge in [-0.3, -0.25) is 4.98 Å². The molecule has 1 aliphatic rings. The highest BCUT2D eigenvalue weighted by atomic mass is 35.5. The average molecular weight is 430 g/mol. The van der Waals surface area contributed by atoms with Crippen molar-refractivity contribution >= 4 is 27.4 Å². The maximum absolute atomic E-state index is 12.8. The first kappa shape index (κ1) is 19.8. The summed E-state index contributed by atoms with van der Waals surface area (Å²) < 4.78 is 27.2. The zero-order valence-corrected chi connectivity index (χ0v) is 17.4. The van der Waals surface area contributed by atoms with Gasteiger partial charge in [-0.25, -0.2) is 18.4 Å². The number of hydrogen-bond donors (Lipinski definition) is 0. The highest BCUT2D eigenvalue weighted by molar-refractivity contribution is 7.89. The van der Waals surface area contributed by atoms with Gasteiger partial charge < -0.3 is 4.90 Å². The van der Waals surface area contributed by atoms with E-state index < -0.39 is 10.0 Å². The number of aryl methyl sites for hydroxylation is 1. The number of sulfonamides is 1. The van der Waals surface area contributed by atoms with Crippen molar-refractivity contribution in [1.29, 1.82) is 0 Å². The van der Waals surface area contributed by atoms with Crippen molar-refractivity contribution in [2.45, 2.75) is 11.8 Å². The molecule has 7 nitrogen and oxygen atoms in total. The summed E-state index contributed by atoms with van der Waals surface area (Å²) in [6, 6.07) is 14.0. The fourth-order valence-corrected chi connectivity index (χ4v) is 4.89. The molecule has 3 aromatic rings. The number of aromatic nitrogens is 3. The third-order valence-corrected chi connectivity index (χ3v) is 7.17. The molecule has 0 spiro atoms. The van der Waals surface area contributed by atoms with Crippen LogP contribution < -0.4 is 4.90 Å². The summed E-state index contributed by atoms with van der Waals surface area (Å²) >= 11 is 6.49. The first-order valence-corrected chi connectivity index (χ1v) is 11.0. The Bertz CT molecular complexity index is 1100. The fourth-order valence-electron chi connectivity index (χ4n) is 3.25. The summed E-state index contributed by atoms with van der Waals surface area (Å²) in [5.41, 5.74) is 1.33. The van der Waals surface area contributed by atoms with Gasteiger partial charge in [0, 0.05) is 32.4 Å². The van der Waals surface area contributed by atoms with Gasteiger partial charge >= 0.3 is 0 Å². The predicted molar refractivity (Wildman–Crippen MR) is 112 cm³/mol. The largest absolute Gasteiger partial charge is 0.353 e. The lowest BCUT2D eigenvalue weighted by atomic mass is 10.3. The summed E-state index contributed by atoms with van der Waals surface area (Å²) in [5.74, 6) is 1.11. The van der Waals surface area contributed by atoms with Crippen LogP contribution in [0.4, 0.5) is 5.82 Å². The van der Waals surface area contributed by atoms with Crippen LogP contribution in [-0.2, 0) is 10.0 Å². The molecule has 0 bridgehead atoms. The molecular formula is C20H20ClN5O2S. The minimum Gasteiger partial charge on any atom is -0.353 e. The Labute approximate surface area is 175 Å². The van der Waals surface area contributed by atoms with Gasteiger partial charge in [0.1, 0.15) is 10.7 Å². The molecule has 0 N–H and O–H groups in total. The van der Waals surface area contributed by atoms with Crippen molar-refractivity contribution in [2.24, 2.45) is 0 Å². The van der Waals surface area contributed by atoms with Gasteiger partial charge in [-0.05, 0) is 31.2 Å². The van der Waals surface area contributed by atoms with Gasteiger partial charge in [0.15, 0.2) is 11.6 Å². The monoisotopic (exact) mass is 429 g/mol. The number of rotatable bonds is 4. The molecule has 29 heavy (non-hydrogen) atoms. The van der Waals surface area contributed by atoms with E-state index in [2.05, 4.69) is 15.0 Å². The van der Waals surface area contributed by atoms with Gasteiger partial charge in [-0.1, -0.05) is 35.9 Å². The minimum atomic E-state index is -3.51. The van der Waals surface area contributed by atoms with Crippen LogP contribution >= 0.6 is 11.6 Å². The summed E-state index contributed by atoms with van der Waals surface area (Å²) in [6.45, 7) is 3.52. The van der Waals surface area contributed by atoms with E-state index in [0.717, 1.165) is 0 Å². The van der Waals surface area contributed by atoms with E-state index in [1.54, 1.807) is 36.5 Å². The average Bonchev–Trinajstić information content (AvgIpc) is 2.77. The number of pyridine rings is 1. The molecule has 150 valence electrons. The van der Waals surface area contributed by atoms with Gasteiger partial charge in [0.25, 0.3) is 0 Å². The number of hydrogen-bond acceptors (Lipinski definition) is 6. The Balaban J connectivity index is 1.57. The highest BCUT2D eigenvalue weighted by Gasteiger charge is 2.30. The van der Waals surface area contributed by atoms with Crippen LogP contribution in [0.2, 0.25) is 5.02 Å². The zero-order chi connectivity index (χ0) is 20.4. The molecular weight excluding hydrogens is 410 g/mol. The molecule has 0 saturated carbocycles. The van der Waals surface area contributed by atoms with Gasteiger partial charge in [0.2, 0.25) is 10.0 Å². The lowest BCUT2D eigenvalue weighted by Gasteiger charge is -2.35. The molecule has 0 atom stereocenters. The standard InChI is InChI=1S/C20H20ClN5O2S/c1-15-18(21)20(24-19(23-15)17-9-5-6-10-22-17)25-11-13-26(14-12-25)29(27,28)16-7-3-2-4-8-16/h2-10H,11-14H2,1H3. The van der Waals surface area contributed by atoms with Crippen LogP contribution in [0, 0.1) is 6.92 Å². The molecule has 3 heterocycles. The second-order valence-corrected chi connectivity index (χ2v) is 9.01. The fraction of sp³-hybridized carbons (Fsp3) is 0.250. The maximum Gasteiger partial charge on any atom is 0.243 e. The third kappa shape index (κ3) is 3.96. The number of anilines is 1. The van der Waals surface area contributed by atoms with Crippen molar-refractivity contribution < 1.29 is 8.42 Å². The number of halogens is 1. The molecule has 0 amide bonds. The van der Waals surface area contributed by atoms with Crippen LogP contribution in [0.1, 0.15) is 5.69 Å². The Hall–Kier alpha value is -2.55. The van der Waals surface area contributed by atoms with E-state index in [4.69, 9.17) is 11.6 Å². The van der Waals surface area contributed by atoms with E-state index in [0.29, 0.717) is 59.1 Å². The lowest BCUT2D eigenvalue weighted by Crippen LogP contribution is -2.49.